The minimum atomic E-state index is -0.412. The maximum Gasteiger partial charge on any atom is 0.269 e. The summed E-state index contributed by atoms with van der Waals surface area (Å²) in [5.74, 6) is 0.613. The summed E-state index contributed by atoms with van der Waals surface area (Å²) in [4.78, 5) is 18.6. The van der Waals surface area contributed by atoms with Gasteiger partial charge in [0, 0.05) is 26.1 Å². The predicted molar refractivity (Wildman–Crippen MR) is 81.1 cm³/mol. The Morgan fingerprint density at radius 3 is 2.81 bits per heavy atom. The van der Waals surface area contributed by atoms with Crippen LogP contribution in [-0.4, -0.2) is 46.5 Å². The van der Waals surface area contributed by atoms with Gasteiger partial charge >= 0.3 is 0 Å². The highest BCUT2D eigenvalue weighted by Crippen LogP contribution is 2.17. The van der Waals surface area contributed by atoms with E-state index in [-0.39, 0.29) is 0 Å². The maximum atomic E-state index is 11.5. The molecule has 6 nitrogen and oxygen atoms in total. The normalized spacial score (nSPS) is 19.4. The van der Waals surface area contributed by atoms with E-state index in [9.17, 15) is 4.79 Å². The smallest absolute Gasteiger partial charge is 0.269 e. The van der Waals surface area contributed by atoms with Crippen LogP contribution in [0.3, 0.4) is 0 Å². The Labute approximate surface area is 125 Å². The fourth-order valence-electron chi connectivity index (χ4n) is 3.41. The fraction of sp³-hybridized carbons (Fsp3) is 0.733. The van der Waals surface area contributed by atoms with Crippen molar-refractivity contribution in [2.45, 2.75) is 45.2 Å². The summed E-state index contributed by atoms with van der Waals surface area (Å²) in [6.07, 6.45) is 6.06. The van der Waals surface area contributed by atoms with Crippen LogP contribution in [0.5, 0.6) is 0 Å². The molecular weight excluding hydrogens is 266 g/mol. The monoisotopic (exact) mass is 291 g/mol. The molecule has 116 valence electrons. The number of hydrogen-bond donors (Lipinski definition) is 2. The number of nitrogens with two attached hydrogens (primary N) is 1. The molecule has 3 rings (SSSR count). The molecule has 0 aliphatic carbocycles. The van der Waals surface area contributed by atoms with Gasteiger partial charge in [0.1, 0.15) is 5.82 Å². The van der Waals surface area contributed by atoms with Gasteiger partial charge in [-0.1, -0.05) is 6.42 Å². The van der Waals surface area contributed by atoms with Gasteiger partial charge in [0.25, 0.3) is 5.91 Å². The first-order valence-corrected chi connectivity index (χ1v) is 8.07. The first kappa shape index (κ1) is 14.5. The fourth-order valence-corrected chi connectivity index (χ4v) is 3.41. The van der Waals surface area contributed by atoms with E-state index in [2.05, 4.69) is 19.8 Å². The topological polar surface area (TPSA) is 76.2 Å². The minimum Gasteiger partial charge on any atom is -0.364 e. The Kier molecular flexibility index (Phi) is 4.55. The number of amides is 1. The summed E-state index contributed by atoms with van der Waals surface area (Å²) in [6.45, 7) is 6.10. The van der Waals surface area contributed by atoms with E-state index in [0.29, 0.717) is 12.2 Å². The molecule has 2 aliphatic rings. The second kappa shape index (κ2) is 6.58. The van der Waals surface area contributed by atoms with Crippen LogP contribution < -0.4 is 11.1 Å². The van der Waals surface area contributed by atoms with Gasteiger partial charge in [-0.2, -0.15) is 0 Å². The maximum absolute atomic E-state index is 11.5. The number of primary amides is 1. The number of aryl methyl sites for hydroxylation is 1. The van der Waals surface area contributed by atoms with Crippen molar-refractivity contribution in [3.05, 3.63) is 17.2 Å². The van der Waals surface area contributed by atoms with Crippen molar-refractivity contribution in [2.24, 2.45) is 5.73 Å². The molecule has 3 N–H and O–H groups in total. The molecule has 1 aromatic rings. The standard InChI is InChI=1S/C15H25N5O/c16-15(21)14-12-11-17-6-10-20(12)13(18-14)5-4-9-19-7-2-1-3-8-19/h17H,1-11H2,(H2,16,21). The number of carbonyl (C=O) groups is 1. The van der Waals surface area contributed by atoms with Crippen LogP contribution in [0.1, 0.15) is 47.7 Å². The molecule has 1 aromatic heterocycles. The highest BCUT2D eigenvalue weighted by atomic mass is 16.1. The van der Waals surface area contributed by atoms with E-state index >= 15 is 0 Å². The molecule has 2 aliphatic heterocycles. The Balaban J connectivity index is 1.63. The molecule has 21 heavy (non-hydrogen) atoms. The van der Waals surface area contributed by atoms with E-state index in [1.807, 2.05) is 0 Å². The van der Waals surface area contributed by atoms with Crippen molar-refractivity contribution < 1.29 is 4.79 Å². The molecule has 0 bridgehead atoms. The Morgan fingerprint density at radius 1 is 1.24 bits per heavy atom. The molecule has 0 unspecified atom stereocenters. The summed E-state index contributed by atoms with van der Waals surface area (Å²) in [5.41, 5.74) is 6.86. The zero-order valence-electron chi connectivity index (χ0n) is 12.6. The van der Waals surface area contributed by atoms with Gasteiger partial charge in [0.05, 0.1) is 5.69 Å². The van der Waals surface area contributed by atoms with Crippen LogP contribution in [-0.2, 0) is 19.5 Å². The summed E-state index contributed by atoms with van der Waals surface area (Å²) in [5, 5.41) is 3.28. The molecule has 1 saturated heterocycles. The van der Waals surface area contributed by atoms with Gasteiger partial charge in [-0.25, -0.2) is 4.98 Å². The van der Waals surface area contributed by atoms with Crippen molar-refractivity contribution in [3.8, 4) is 0 Å². The largest absolute Gasteiger partial charge is 0.364 e. The number of fused-ring (bicyclic) bond motifs is 1. The molecule has 1 amide bonds. The summed E-state index contributed by atoms with van der Waals surface area (Å²) >= 11 is 0. The van der Waals surface area contributed by atoms with Crippen molar-refractivity contribution >= 4 is 5.91 Å². The number of nitrogens with zero attached hydrogens (tertiary/aromatic N) is 3. The number of piperidine rings is 1. The third kappa shape index (κ3) is 3.27. The van der Waals surface area contributed by atoms with Gasteiger partial charge in [-0.15, -0.1) is 0 Å². The quantitative estimate of drug-likeness (QED) is 0.828. The van der Waals surface area contributed by atoms with Gasteiger partial charge in [0.15, 0.2) is 5.69 Å². The number of carbonyl (C=O) groups excluding carboxylic acids is 1. The van der Waals surface area contributed by atoms with Gasteiger partial charge in [-0.3, -0.25) is 4.79 Å². The SMILES string of the molecule is NC(=O)c1nc(CCCN2CCCCC2)n2c1CNCC2. The highest BCUT2D eigenvalue weighted by molar-refractivity contribution is 5.92. The second-order valence-corrected chi connectivity index (χ2v) is 6.02. The Hall–Kier alpha value is -1.40. The van der Waals surface area contributed by atoms with Crippen molar-refractivity contribution in [1.82, 2.24) is 19.8 Å². The van der Waals surface area contributed by atoms with Crippen LogP contribution >= 0.6 is 0 Å². The Bertz CT molecular complexity index is 504. The van der Waals surface area contributed by atoms with Crippen LogP contribution in [0.2, 0.25) is 0 Å². The third-order valence-corrected chi connectivity index (χ3v) is 4.51. The second-order valence-electron chi connectivity index (χ2n) is 6.02. The van der Waals surface area contributed by atoms with Crippen LogP contribution in [0.4, 0.5) is 0 Å². The zero-order chi connectivity index (χ0) is 14.7. The molecule has 0 spiro atoms. The Morgan fingerprint density at radius 2 is 2.05 bits per heavy atom. The lowest BCUT2D eigenvalue weighted by molar-refractivity contribution is 0.0994. The third-order valence-electron chi connectivity index (χ3n) is 4.51. The van der Waals surface area contributed by atoms with Crippen LogP contribution in [0.25, 0.3) is 0 Å². The van der Waals surface area contributed by atoms with Gasteiger partial charge in [-0.05, 0) is 38.9 Å². The first-order chi connectivity index (χ1) is 10.3. The molecule has 6 heteroatoms. The number of imidazole rings is 1. The lowest BCUT2D eigenvalue weighted by Crippen LogP contribution is -2.31. The first-order valence-electron chi connectivity index (χ1n) is 8.07. The molecule has 0 aromatic carbocycles. The summed E-state index contributed by atoms with van der Waals surface area (Å²) in [6, 6.07) is 0. The molecule has 1 fully saturated rings. The summed E-state index contributed by atoms with van der Waals surface area (Å²) in [7, 11) is 0. The van der Waals surface area contributed by atoms with E-state index in [0.717, 1.165) is 44.0 Å². The molecule has 3 heterocycles. The molecule has 0 radical (unpaired) electrons. The van der Waals surface area contributed by atoms with E-state index in [4.69, 9.17) is 5.73 Å². The van der Waals surface area contributed by atoms with E-state index in [1.165, 1.54) is 32.4 Å². The molecule has 0 atom stereocenters. The van der Waals surface area contributed by atoms with Crippen molar-refractivity contribution in [2.75, 3.05) is 26.2 Å². The van der Waals surface area contributed by atoms with Crippen molar-refractivity contribution in [3.63, 3.8) is 0 Å². The highest BCUT2D eigenvalue weighted by Gasteiger charge is 2.22. The average Bonchev–Trinajstić information content (AvgIpc) is 2.88. The van der Waals surface area contributed by atoms with Crippen molar-refractivity contribution in [1.29, 1.82) is 0 Å². The summed E-state index contributed by atoms with van der Waals surface area (Å²) < 4.78 is 2.19. The number of likely N-dealkylation sites (tertiary alicyclic amines) is 1. The van der Waals surface area contributed by atoms with Gasteiger partial charge < -0.3 is 20.5 Å². The molecular formula is C15H25N5O. The van der Waals surface area contributed by atoms with E-state index in [1.54, 1.807) is 0 Å². The number of nitrogens with one attached hydrogen (secondary N) is 1. The number of rotatable bonds is 5. The lowest BCUT2D eigenvalue weighted by Gasteiger charge is -2.26. The average molecular weight is 291 g/mol. The lowest BCUT2D eigenvalue weighted by atomic mass is 10.1. The van der Waals surface area contributed by atoms with E-state index < -0.39 is 5.91 Å². The number of aromatic nitrogens is 2. The minimum absolute atomic E-state index is 0.412. The number of hydrogen-bond acceptors (Lipinski definition) is 4. The zero-order valence-corrected chi connectivity index (χ0v) is 12.6. The van der Waals surface area contributed by atoms with Crippen LogP contribution in [0, 0.1) is 0 Å². The van der Waals surface area contributed by atoms with Crippen LogP contribution in [0.15, 0.2) is 0 Å². The van der Waals surface area contributed by atoms with Gasteiger partial charge in [0.2, 0.25) is 0 Å². The predicted octanol–water partition coefficient (Wildman–Crippen LogP) is 0.504. The molecule has 0 saturated carbocycles.